The zero-order chi connectivity index (χ0) is 9.84. The number of halogens is 2. The fraction of sp³-hybridized carbons (Fsp3) is 0.111. The first-order valence-corrected chi connectivity index (χ1v) is 3.43. The van der Waals surface area contributed by atoms with Gasteiger partial charge in [-0.25, -0.2) is 8.78 Å². The van der Waals surface area contributed by atoms with E-state index in [1.54, 1.807) is 0 Å². The molecule has 13 heavy (non-hydrogen) atoms. The van der Waals surface area contributed by atoms with Gasteiger partial charge in [0.1, 0.15) is 5.56 Å². The summed E-state index contributed by atoms with van der Waals surface area (Å²) >= 11 is 0. The van der Waals surface area contributed by atoms with Gasteiger partial charge in [-0.1, -0.05) is 5.92 Å². The Bertz CT molecular complexity index is 384. The average Bonchev–Trinajstić information content (AvgIpc) is 2.04. The van der Waals surface area contributed by atoms with Gasteiger partial charge in [-0.2, -0.15) is 0 Å². The molecule has 2 nitrogen and oxygen atoms in total. The van der Waals surface area contributed by atoms with E-state index >= 15 is 0 Å². The van der Waals surface area contributed by atoms with Crippen LogP contribution in [0.2, 0.25) is 0 Å². The second-order valence-electron chi connectivity index (χ2n) is 2.18. The van der Waals surface area contributed by atoms with E-state index in [1.165, 1.54) is 6.92 Å². The first kappa shape index (κ1) is 9.33. The Morgan fingerprint density at radius 2 is 1.92 bits per heavy atom. The molecule has 0 aliphatic heterocycles. The maximum absolute atomic E-state index is 12.8. The van der Waals surface area contributed by atoms with E-state index in [9.17, 15) is 13.6 Å². The van der Waals surface area contributed by atoms with Crippen molar-refractivity contribution >= 4 is 5.78 Å². The standard InChI is InChI=1S/C9H5F2NO/c1-2-3-8(13)9-6(10)4-12-5-7(9)11/h4-5H,1H3. The smallest absolute Gasteiger partial charge is 0.241 e. The second kappa shape index (κ2) is 3.76. The average molecular weight is 181 g/mol. The summed E-state index contributed by atoms with van der Waals surface area (Å²) in [5, 5.41) is 0. The third-order valence-electron chi connectivity index (χ3n) is 1.32. The number of Topliss-reactive ketones (excluding diaryl/α,β-unsaturated/α-hetero) is 1. The van der Waals surface area contributed by atoms with Crippen molar-refractivity contribution in [1.29, 1.82) is 0 Å². The maximum Gasteiger partial charge on any atom is 0.241 e. The van der Waals surface area contributed by atoms with Gasteiger partial charge in [-0.15, -0.1) is 0 Å². The predicted octanol–water partition coefficient (Wildman–Crippen LogP) is 1.57. The van der Waals surface area contributed by atoms with E-state index < -0.39 is 23.0 Å². The van der Waals surface area contributed by atoms with Crippen LogP contribution in [0.15, 0.2) is 12.4 Å². The van der Waals surface area contributed by atoms with E-state index in [0.717, 1.165) is 12.4 Å². The van der Waals surface area contributed by atoms with E-state index in [4.69, 9.17) is 0 Å². The highest BCUT2D eigenvalue weighted by atomic mass is 19.1. The molecule has 66 valence electrons. The molecule has 0 fully saturated rings. The molecule has 0 bridgehead atoms. The Morgan fingerprint density at radius 1 is 1.38 bits per heavy atom. The fourth-order valence-corrected chi connectivity index (χ4v) is 0.804. The normalized spacial score (nSPS) is 8.85. The molecule has 0 spiro atoms. The van der Waals surface area contributed by atoms with Crippen LogP contribution in [0.1, 0.15) is 17.3 Å². The van der Waals surface area contributed by atoms with Crippen LogP contribution < -0.4 is 0 Å². The van der Waals surface area contributed by atoms with Gasteiger partial charge in [-0.05, 0) is 12.8 Å². The van der Waals surface area contributed by atoms with Crippen molar-refractivity contribution < 1.29 is 13.6 Å². The minimum atomic E-state index is -0.993. The molecule has 1 aromatic heterocycles. The molecule has 0 aliphatic carbocycles. The predicted molar refractivity (Wildman–Crippen MR) is 41.9 cm³/mol. The van der Waals surface area contributed by atoms with Gasteiger partial charge in [0.25, 0.3) is 0 Å². The third-order valence-corrected chi connectivity index (χ3v) is 1.32. The topological polar surface area (TPSA) is 30.0 Å². The zero-order valence-corrected chi connectivity index (χ0v) is 6.77. The van der Waals surface area contributed by atoms with Gasteiger partial charge < -0.3 is 0 Å². The lowest BCUT2D eigenvalue weighted by Gasteiger charge is -1.96. The molecule has 0 unspecified atom stereocenters. The zero-order valence-electron chi connectivity index (χ0n) is 6.77. The summed E-state index contributed by atoms with van der Waals surface area (Å²) in [5.41, 5.74) is -0.649. The number of hydrogen-bond donors (Lipinski definition) is 0. The van der Waals surface area contributed by atoms with Crippen molar-refractivity contribution in [3.05, 3.63) is 29.6 Å². The quantitative estimate of drug-likeness (QED) is 0.374. The summed E-state index contributed by atoms with van der Waals surface area (Å²) in [5.74, 6) is 1.45. The Kier molecular flexibility index (Phi) is 2.70. The van der Waals surface area contributed by atoms with Gasteiger partial charge in [0.15, 0.2) is 11.6 Å². The summed E-state index contributed by atoms with van der Waals surface area (Å²) in [6.45, 7) is 1.41. The van der Waals surface area contributed by atoms with Crippen molar-refractivity contribution in [3.63, 3.8) is 0 Å². The number of hydrogen-bond acceptors (Lipinski definition) is 2. The maximum atomic E-state index is 12.8. The van der Waals surface area contributed by atoms with Crippen molar-refractivity contribution in [2.45, 2.75) is 6.92 Å². The molecule has 0 N–H and O–H groups in total. The van der Waals surface area contributed by atoms with Crippen LogP contribution in [0.4, 0.5) is 8.78 Å². The lowest BCUT2D eigenvalue weighted by Crippen LogP contribution is -2.04. The number of ketones is 1. The summed E-state index contributed by atoms with van der Waals surface area (Å²) in [6, 6.07) is 0. The van der Waals surface area contributed by atoms with Crippen LogP contribution in [0.25, 0.3) is 0 Å². The Morgan fingerprint density at radius 3 is 2.38 bits per heavy atom. The summed E-state index contributed by atoms with van der Waals surface area (Å²) < 4.78 is 25.7. The lowest BCUT2D eigenvalue weighted by atomic mass is 10.1. The van der Waals surface area contributed by atoms with Crippen molar-refractivity contribution in [3.8, 4) is 11.8 Å². The van der Waals surface area contributed by atoms with Crippen molar-refractivity contribution in [2.24, 2.45) is 0 Å². The van der Waals surface area contributed by atoms with Crippen LogP contribution in [0.3, 0.4) is 0 Å². The largest absolute Gasteiger partial charge is 0.279 e. The lowest BCUT2D eigenvalue weighted by molar-refractivity contribution is 0.104. The molecular formula is C9H5F2NO. The molecule has 1 rings (SSSR count). The number of aromatic nitrogens is 1. The third kappa shape index (κ3) is 1.88. The van der Waals surface area contributed by atoms with Crippen LogP contribution in [-0.2, 0) is 0 Å². The SMILES string of the molecule is CC#CC(=O)c1c(F)cncc1F. The van der Waals surface area contributed by atoms with Gasteiger partial charge in [0.05, 0.1) is 12.4 Å². The van der Waals surface area contributed by atoms with Crippen LogP contribution in [0.5, 0.6) is 0 Å². The fourth-order valence-electron chi connectivity index (χ4n) is 0.804. The summed E-state index contributed by atoms with van der Waals surface area (Å²) in [6.07, 6.45) is 1.54. The van der Waals surface area contributed by atoms with Crippen LogP contribution in [0, 0.1) is 23.5 Å². The van der Waals surface area contributed by atoms with E-state index in [-0.39, 0.29) is 0 Å². The molecule has 0 aliphatic rings. The monoisotopic (exact) mass is 181 g/mol. The number of rotatable bonds is 1. The first-order chi connectivity index (χ1) is 6.16. The highest BCUT2D eigenvalue weighted by Crippen LogP contribution is 2.10. The van der Waals surface area contributed by atoms with Gasteiger partial charge >= 0.3 is 0 Å². The second-order valence-corrected chi connectivity index (χ2v) is 2.18. The van der Waals surface area contributed by atoms with Gasteiger partial charge in [0, 0.05) is 0 Å². The molecule has 1 aromatic rings. The van der Waals surface area contributed by atoms with E-state index in [1.807, 2.05) is 5.92 Å². The van der Waals surface area contributed by atoms with Crippen molar-refractivity contribution in [1.82, 2.24) is 4.98 Å². The Balaban J connectivity index is 3.25. The van der Waals surface area contributed by atoms with Crippen molar-refractivity contribution in [2.75, 3.05) is 0 Å². The Hall–Kier alpha value is -1.76. The molecule has 0 radical (unpaired) electrons. The molecule has 0 atom stereocenters. The van der Waals surface area contributed by atoms with E-state index in [2.05, 4.69) is 10.9 Å². The molecule has 4 heteroatoms. The number of carbonyl (C=O) groups is 1. The highest BCUT2D eigenvalue weighted by molar-refractivity contribution is 6.09. The molecule has 0 saturated heterocycles. The van der Waals surface area contributed by atoms with Crippen LogP contribution >= 0.6 is 0 Å². The van der Waals surface area contributed by atoms with Crippen LogP contribution in [-0.4, -0.2) is 10.8 Å². The number of pyridine rings is 1. The molecule has 0 aromatic carbocycles. The highest BCUT2D eigenvalue weighted by Gasteiger charge is 2.15. The molecular weight excluding hydrogens is 176 g/mol. The van der Waals surface area contributed by atoms with Gasteiger partial charge in [0.2, 0.25) is 5.78 Å². The van der Waals surface area contributed by atoms with E-state index in [0.29, 0.717) is 0 Å². The number of carbonyl (C=O) groups excluding carboxylic acids is 1. The summed E-state index contributed by atoms with van der Waals surface area (Å²) in [7, 11) is 0. The molecule has 1 heterocycles. The summed E-state index contributed by atoms with van der Waals surface area (Å²) in [4.78, 5) is 14.2. The van der Waals surface area contributed by atoms with Gasteiger partial charge in [-0.3, -0.25) is 9.78 Å². The minimum Gasteiger partial charge on any atom is -0.279 e. The molecule has 0 amide bonds. The Labute approximate surface area is 73.6 Å². The number of nitrogens with zero attached hydrogens (tertiary/aromatic N) is 1. The first-order valence-electron chi connectivity index (χ1n) is 3.43. The minimum absolute atomic E-state index is 0.649. The molecule has 0 saturated carbocycles.